The van der Waals surface area contributed by atoms with Crippen LogP contribution in [0.1, 0.15) is 142 Å². The number of fused-ring (bicyclic) bond motifs is 7. The van der Waals surface area contributed by atoms with Crippen molar-refractivity contribution < 1.29 is 0 Å². The van der Waals surface area contributed by atoms with Crippen LogP contribution in [-0.2, 0) is 27.1 Å². The Hall–Kier alpha value is -5.84. The van der Waals surface area contributed by atoms with Gasteiger partial charge in [0.05, 0.1) is 5.69 Å². The molecule has 0 radical (unpaired) electrons. The molecule has 11 rings (SSSR count). The van der Waals surface area contributed by atoms with Gasteiger partial charge in [0.1, 0.15) is 0 Å². The van der Waals surface area contributed by atoms with Crippen molar-refractivity contribution in [3.8, 4) is 22.3 Å². The Balaban J connectivity index is 1.16. The van der Waals surface area contributed by atoms with E-state index in [9.17, 15) is 0 Å². The van der Waals surface area contributed by atoms with Crippen LogP contribution < -0.4 is 25.5 Å². The van der Waals surface area contributed by atoms with Crippen LogP contribution in [-0.4, -0.2) is 6.71 Å². The van der Waals surface area contributed by atoms with E-state index in [2.05, 4.69) is 247 Å². The molecule has 3 heterocycles. The summed E-state index contributed by atoms with van der Waals surface area (Å²) in [5.41, 5.74) is 25.3. The molecule has 0 N–H and O–H groups in total. The molecule has 3 aliphatic rings. The number of hydrogen-bond donors (Lipinski definition) is 0. The Bertz CT molecular complexity index is 3380. The maximum absolute atomic E-state index is 2.65. The van der Waals surface area contributed by atoms with Crippen molar-refractivity contribution in [1.29, 1.82) is 0 Å². The number of benzene rings is 7. The van der Waals surface area contributed by atoms with Crippen LogP contribution in [0.5, 0.6) is 0 Å². The summed E-state index contributed by atoms with van der Waals surface area (Å²) in [4.78, 5) is 5.28. The van der Waals surface area contributed by atoms with Gasteiger partial charge in [0, 0.05) is 43.3 Å². The molecule has 0 spiro atoms. The molecular formula is C66H71BN2S. The summed E-state index contributed by atoms with van der Waals surface area (Å²) in [6, 6.07) is 52.6. The number of hydrogen-bond acceptors (Lipinski definition) is 3. The zero-order valence-electron chi connectivity index (χ0n) is 44.5. The maximum Gasteiger partial charge on any atom is 0.264 e. The lowest BCUT2D eigenvalue weighted by Gasteiger charge is -2.44. The molecule has 1 aliphatic carbocycles. The van der Waals surface area contributed by atoms with Crippen LogP contribution in [0.3, 0.4) is 0 Å². The average molecular weight is 935 g/mol. The Morgan fingerprint density at radius 1 is 0.471 bits per heavy atom. The largest absolute Gasteiger partial charge is 0.311 e. The number of nitrogens with zero attached hydrogens (tertiary/aromatic N) is 2. The summed E-state index contributed by atoms with van der Waals surface area (Å²) in [7, 11) is 0. The van der Waals surface area contributed by atoms with Gasteiger partial charge in [0.2, 0.25) is 0 Å². The van der Waals surface area contributed by atoms with Crippen LogP contribution in [0.15, 0.2) is 133 Å². The van der Waals surface area contributed by atoms with E-state index in [1.165, 1.54) is 134 Å². The van der Waals surface area contributed by atoms with Gasteiger partial charge in [-0.3, -0.25) is 0 Å². The Morgan fingerprint density at radius 2 is 0.957 bits per heavy atom. The van der Waals surface area contributed by atoms with Gasteiger partial charge in [-0.05, 0) is 174 Å². The van der Waals surface area contributed by atoms with Crippen LogP contribution in [0, 0.1) is 13.8 Å². The van der Waals surface area contributed by atoms with E-state index in [-0.39, 0.29) is 33.8 Å². The first-order valence-electron chi connectivity index (χ1n) is 25.8. The first kappa shape index (κ1) is 46.5. The smallest absolute Gasteiger partial charge is 0.264 e. The van der Waals surface area contributed by atoms with E-state index < -0.39 is 0 Å². The van der Waals surface area contributed by atoms with E-state index in [1.54, 1.807) is 0 Å². The molecule has 7 aromatic carbocycles. The van der Waals surface area contributed by atoms with Gasteiger partial charge in [-0.2, -0.15) is 0 Å². The monoisotopic (exact) mass is 935 g/mol. The van der Waals surface area contributed by atoms with Crippen molar-refractivity contribution in [2.24, 2.45) is 0 Å². The number of aryl methyl sites for hydroxylation is 2. The lowest BCUT2D eigenvalue weighted by Crippen LogP contribution is -2.60. The second kappa shape index (κ2) is 15.8. The minimum atomic E-state index is 0.0366. The first-order valence-corrected chi connectivity index (χ1v) is 26.6. The molecule has 0 saturated carbocycles. The van der Waals surface area contributed by atoms with Gasteiger partial charge in [-0.1, -0.05) is 175 Å². The number of rotatable bonds is 4. The topological polar surface area (TPSA) is 6.48 Å². The van der Waals surface area contributed by atoms with E-state index >= 15 is 0 Å². The molecule has 2 nitrogen and oxygen atoms in total. The molecule has 70 heavy (non-hydrogen) atoms. The van der Waals surface area contributed by atoms with Crippen molar-refractivity contribution >= 4 is 78.0 Å². The average Bonchev–Trinajstić information content (AvgIpc) is 3.67. The van der Waals surface area contributed by atoms with Crippen LogP contribution in [0.25, 0.3) is 32.3 Å². The summed E-state index contributed by atoms with van der Waals surface area (Å²) >= 11 is 2.03. The van der Waals surface area contributed by atoms with Gasteiger partial charge in [-0.25, -0.2) is 0 Å². The molecule has 1 aromatic heterocycles. The minimum absolute atomic E-state index is 0.0366. The van der Waals surface area contributed by atoms with Gasteiger partial charge in [0.25, 0.3) is 6.71 Å². The van der Waals surface area contributed by atoms with Crippen LogP contribution in [0.2, 0.25) is 0 Å². The quantitative estimate of drug-likeness (QED) is 0.162. The molecule has 0 fully saturated rings. The molecule has 0 amide bonds. The van der Waals surface area contributed by atoms with Gasteiger partial charge < -0.3 is 9.80 Å². The Labute approximate surface area is 423 Å². The summed E-state index contributed by atoms with van der Waals surface area (Å²) in [6.45, 7) is 35.3. The van der Waals surface area contributed by atoms with Crippen LogP contribution >= 0.6 is 11.3 Å². The first-order chi connectivity index (χ1) is 32.9. The van der Waals surface area contributed by atoms with Gasteiger partial charge in [-0.15, -0.1) is 11.3 Å². The molecule has 8 aromatic rings. The zero-order valence-corrected chi connectivity index (χ0v) is 45.3. The highest BCUT2D eigenvalue weighted by Gasteiger charge is 2.47. The van der Waals surface area contributed by atoms with Crippen LogP contribution in [0.4, 0.5) is 34.1 Å². The third-order valence-electron chi connectivity index (χ3n) is 16.4. The standard InChI is InChI=1S/C66H71BN2S/c1-40-34-56-59-57(35-40)69(54-31-27-48(36-41(54)2)64(9,10)11)55-37-45(44-18-16-42(17-19-44)43-20-23-46(24-21-43)62(3,4)5)22-30-53(55)67(59)61-60(68(56)49-28-25-47(26-29-49)63(6,7)8)50-38-51-52(39-58(50)70-61)66(14,15)33-32-65(51,12)13/h16-31,34-39H,32-33H2,1-15H3. The summed E-state index contributed by atoms with van der Waals surface area (Å²) in [5.74, 6) is 0. The van der Waals surface area contributed by atoms with E-state index in [0.717, 1.165) is 0 Å². The molecule has 0 unspecified atom stereocenters. The third-order valence-corrected chi connectivity index (χ3v) is 17.6. The maximum atomic E-state index is 2.65. The van der Waals surface area contributed by atoms with E-state index in [4.69, 9.17) is 0 Å². The fourth-order valence-electron chi connectivity index (χ4n) is 11.9. The lowest BCUT2D eigenvalue weighted by atomic mass is 9.36. The second-order valence-corrected chi connectivity index (χ2v) is 26.6. The van der Waals surface area contributed by atoms with Gasteiger partial charge >= 0.3 is 0 Å². The third kappa shape index (κ3) is 7.58. The highest BCUT2D eigenvalue weighted by Crippen LogP contribution is 2.53. The Morgan fingerprint density at radius 3 is 1.51 bits per heavy atom. The van der Waals surface area contributed by atoms with Crippen molar-refractivity contribution in [2.75, 3.05) is 9.80 Å². The van der Waals surface area contributed by atoms with Crippen molar-refractivity contribution in [3.63, 3.8) is 0 Å². The molecule has 4 heteroatoms. The molecule has 354 valence electrons. The predicted octanol–water partition coefficient (Wildman–Crippen LogP) is 17.2. The molecule has 0 bridgehead atoms. The molecular weight excluding hydrogens is 864 g/mol. The molecule has 0 saturated heterocycles. The summed E-state index contributed by atoms with van der Waals surface area (Å²) in [6.07, 6.45) is 2.38. The number of anilines is 6. The molecule has 0 atom stereocenters. The summed E-state index contributed by atoms with van der Waals surface area (Å²) < 4.78 is 2.82. The van der Waals surface area contributed by atoms with Crippen molar-refractivity contribution in [1.82, 2.24) is 0 Å². The highest BCUT2D eigenvalue weighted by atomic mass is 32.1. The normalized spacial score (nSPS) is 16.0. The fraction of sp³-hybridized carbons (Fsp3) is 0.333. The van der Waals surface area contributed by atoms with Crippen molar-refractivity contribution in [2.45, 2.75) is 144 Å². The van der Waals surface area contributed by atoms with E-state index in [0.29, 0.717) is 0 Å². The Kier molecular flexibility index (Phi) is 10.5. The molecule has 2 aliphatic heterocycles. The zero-order chi connectivity index (χ0) is 49.6. The second-order valence-electron chi connectivity index (χ2n) is 25.5. The minimum Gasteiger partial charge on any atom is -0.311 e. The lowest BCUT2D eigenvalue weighted by molar-refractivity contribution is 0.332. The highest BCUT2D eigenvalue weighted by molar-refractivity contribution is 7.33. The summed E-state index contributed by atoms with van der Waals surface area (Å²) in [5, 5.41) is 1.38. The van der Waals surface area contributed by atoms with Crippen molar-refractivity contribution in [3.05, 3.63) is 172 Å². The number of thiophene rings is 1. The van der Waals surface area contributed by atoms with E-state index in [1.807, 2.05) is 11.3 Å². The predicted molar refractivity (Wildman–Crippen MR) is 308 cm³/mol. The SMILES string of the molecule is Cc1cc2c3c(c1)N(c1ccc(C(C)(C)C)cc1)c1c(sc4cc5c(cc14)C(C)(C)CCC5(C)C)B3c1ccc(-c3ccc(-c4ccc(C(C)(C)C)cc4)cc3)cc1N2c1ccc(C(C)(C)C)cc1C. The fourth-order valence-corrected chi connectivity index (χ4v) is 13.2. The van der Waals surface area contributed by atoms with Gasteiger partial charge in [0.15, 0.2) is 0 Å².